The van der Waals surface area contributed by atoms with E-state index in [0.717, 1.165) is 63.8 Å². The van der Waals surface area contributed by atoms with E-state index in [0.29, 0.717) is 11.9 Å². The van der Waals surface area contributed by atoms with Gasteiger partial charge in [-0.05, 0) is 49.3 Å². The van der Waals surface area contributed by atoms with Crippen molar-refractivity contribution in [2.45, 2.75) is 76.4 Å². The van der Waals surface area contributed by atoms with Gasteiger partial charge < -0.3 is 15.4 Å². The molecule has 2 N–H and O–H groups in total. The third-order valence-corrected chi connectivity index (χ3v) is 6.22. The molecular formula is C21H31ClN2O2. The van der Waals surface area contributed by atoms with Crippen LogP contribution in [0.3, 0.4) is 0 Å². The summed E-state index contributed by atoms with van der Waals surface area (Å²) in [6.07, 6.45) is 9.81. The molecule has 2 atom stereocenters. The van der Waals surface area contributed by atoms with Crippen LogP contribution in [0.4, 0.5) is 0 Å². The molecule has 4 nitrogen and oxygen atoms in total. The van der Waals surface area contributed by atoms with Crippen molar-refractivity contribution in [3.63, 3.8) is 0 Å². The molecule has 0 aromatic heterocycles. The molecule has 2 aliphatic carbocycles. The van der Waals surface area contributed by atoms with Gasteiger partial charge in [-0.3, -0.25) is 4.79 Å². The quantitative estimate of drug-likeness (QED) is 0.866. The summed E-state index contributed by atoms with van der Waals surface area (Å²) in [5.74, 6) is 1.49. The van der Waals surface area contributed by atoms with Gasteiger partial charge in [0, 0.05) is 31.0 Å². The maximum absolute atomic E-state index is 13.3. The van der Waals surface area contributed by atoms with Gasteiger partial charge in [-0.2, -0.15) is 0 Å². The van der Waals surface area contributed by atoms with Crippen molar-refractivity contribution in [2.24, 2.45) is 11.7 Å². The van der Waals surface area contributed by atoms with E-state index in [2.05, 4.69) is 23.1 Å². The molecule has 1 heterocycles. The van der Waals surface area contributed by atoms with E-state index < -0.39 is 0 Å². The normalized spacial score (nSPS) is 25.3. The Morgan fingerprint density at radius 1 is 1.15 bits per heavy atom. The minimum absolute atomic E-state index is 0. The zero-order chi connectivity index (χ0) is 17.2. The van der Waals surface area contributed by atoms with Gasteiger partial charge in [0.15, 0.2) is 0 Å². The van der Waals surface area contributed by atoms with Gasteiger partial charge in [0.1, 0.15) is 5.75 Å². The Labute approximate surface area is 162 Å². The van der Waals surface area contributed by atoms with Crippen molar-refractivity contribution in [2.75, 3.05) is 6.61 Å². The zero-order valence-electron chi connectivity index (χ0n) is 15.5. The number of amides is 1. The van der Waals surface area contributed by atoms with Crippen LogP contribution in [0.1, 0.15) is 62.5 Å². The highest BCUT2D eigenvalue weighted by Crippen LogP contribution is 2.32. The van der Waals surface area contributed by atoms with Crippen molar-refractivity contribution in [3.05, 3.63) is 29.3 Å². The summed E-state index contributed by atoms with van der Waals surface area (Å²) in [5, 5.41) is 0. The van der Waals surface area contributed by atoms with Gasteiger partial charge in [-0.25, -0.2) is 0 Å². The molecule has 1 aliphatic heterocycles. The highest BCUT2D eigenvalue weighted by molar-refractivity contribution is 5.85. The molecule has 1 aromatic carbocycles. The fraction of sp³-hybridized carbons (Fsp3) is 0.667. The second-order valence-corrected chi connectivity index (χ2v) is 8.07. The van der Waals surface area contributed by atoms with Crippen LogP contribution in [-0.4, -0.2) is 29.5 Å². The lowest BCUT2D eigenvalue weighted by Gasteiger charge is -2.35. The molecule has 144 valence electrons. The van der Waals surface area contributed by atoms with E-state index in [9.17, 15) is 4.79 Å². The molecule has 2 saturated carbocycles. The molecule has 2 unspecified atom stereocenters. The van der Waals surface area contributed by atoms with E-state index in [-0.39, 0.29) is 24.4 Å². The van der Waals surface area contributed by atoms with Crippen LogP contribution in [0.5, 0.6) is 5.75 Å². The van der Waals surface area contributed by atoms with Gasteiger partial charge in [-0.15, -0.1) is 12.4 Å². The SMILES string of the molecule is Cl.NC1CCCC(C(=O)N(Cc2ccc3c(c2)CCO3)C2CCCC2)C1. The number of nitrogens with two attached hydrogens (primary N) is 1. The Morgan fingerprint density at radius 3 is 2.73 bits per heavy atom. The Bertz CT molecular complexity index is 630. The number of benzene rings is 1. The number of hydrogen-bond acceptors (Lipinski definition) is 3. The number of carbonyl (C=O) groups excluding carboxylic acids is 1. The van der Waals surface area contributed by atoms with Gasteiger partial charge >= 0.3 is 0 Å². The predicted octanol–water partition coefficient (Wildman–Crippen LogP) is 3.83. The fourth-order valence-electron chi connectivity index (χ4n) is 4.82. The van der Waals surface area contributed by atoms with Crippen molar-refractivity contribution in [1.29, 1.82) is 0 Å². The van der Waals surface area contributed by atoms with Crippen LogP contribution < -0.4 is 10.5 Å². The maximum Gasteiger partial charge on any atom is 0.226 e. The van der Waals surface area contributed by atoms with E-state index >= 15 is 0 Å². The molecule has 0 radical (unpaired) electrons. The molecule has 0 spiro atoms. The Balaban J connectivity index is 0.00000196. The molecule has 3 aliphatic rings. The Kier molecular flexibility index (Phi) is 6.46. The van der Waals surface area contributed by atoms with E-state index in [4.69, 9.17) is 10.5 Å². The van der Waals surface area contributed by atoms with E-state index in [1.165, 1.54) is 24.0 Å². The Hall–Kier alpha value is -1.26. The number of ether oxygens (including phenoxy) is 1. The Morgan fingerprint density at radius 2 is 1.96 bits per heavy atom. The van der Waals surface area contributed by atoms with Crippen molar-refractivity contribution in [1.82, 2.24) is 4.90 Å². The summed E-state index contributed by atoms with van der Waals surface area (Å²) < 4.78 is 5.62. The second kappa shape index (κ2) is 8.62. The lowest BCUT2D eigenvalue weighted by atomic mass is 9.85. The lowest BCUT2D eigenvalue weighted by molar-refractivity contribution is -0.139. The smallest absolute Gasteiger partial charge is 0.226 e. The van der Waals surface area contributed by atoms with Crippen LogP contribution in [0.2, 0.25) is 0 Å². The van der Waals surface area contributed by atoms with Crippen molar-refractivity contribution < 1.29 is 9.53 Å². The highest BCUT2D eigenvalue weighted by Gasteiger charge is 2.33. The molecule has 2 fully saturated rings. The van der Waals surface area contributed by atoms with E-state index in [1.807, 2.05) is 0 Å². The average molecular weight is 379 g/mol. The molecule has 0 bridgehead atoms. The highest BCUT2D eigenvalue weighted by atomic mass is 35.5. The number of carbonyl (C=O) groups is 1. The molecule has 4 rings (SSSR count). The summed E-state index contributed by atoms with van der Waals surface area (Å²) in [6, 6.07) is 7.06. The minimum Gasteiger partial charge on any atom is -0.493 e. The summed E-state index contributed by atoms with van der Waals surface area (Å²) in [6.45, 7) is 1.52. The molecular weight excluding hydrogens is 348 g/mol. The van der Waals surface area contributed by atoms with Gasteiger partial charge in [0.25, 0.3) is 0 Å². The van der Waals surface area contributed by atoms with Crippen LogP contribution in [-0.2, 0) is 17.8 Å². The van der Waals surface area contributed by atoms with Gasteiger partial charge in [-0.1, -0.05) is 31.4 Å². The summed E-state index contributed by atoms with van der Waals surface area (Å²) in [5.41, 5.74) is 8.67. The zero-order valence-corrected chi connectivity index (χ0v) is 16.3. The first kappa shape index (κ1) is 19.5. The average Bonchev–Trinajstić information content (AvgIpc) is 3.30. The molecule has 5 heteroatoms. The molecule has 1 amide bonds. The number of halogens is 1. The first-order valence-corrected chi connectivity index (χ1v) is 10.0. The maximum atomic E-state index is 13.3. The molecule has 0 saturated heterocycles. The summed E-state index contributed by atoms with van der Waals surface area (Å²) >= 11 is 0. The number of fused-ring (bicyclic) bond motifs is 1. The topological polar surface area (TPSA) is 55.6 Å². The lowest BCUT2D eigenvalue weighted by Crippen LogP contribution is -2.44. The minimum atomic E-state index is 0. The van der Waals surface area contributed by atoms with E-state index in [1.54, 1.807) is 0 Å². The first-order chi connectivity index (χ1) is 12.2. The van der Waals surface area contributed by atoms with Crippen molar-refractivity contribution >= 4 is 18.3 Å². The van der Waals surface area contributed by atoms with Gasteiger partial charge in [0.2, 0.25) is 5.91 Å². The third-order valence-electron chi connectivity index (χ3n) is 6.22. The number of nitrogens with zero attached hydrogens (tertiary/aromatic N) is 1. The first-order valence-electron chi connectivity index (χ1n) is 10.0. The number of rotatable bonds is 4. The monoisotopic (exact) mass is 378 g/mol. The van der Waals surface area contributed by atoms with Crippen LogP contribution in [0, 0.1) is 5.92 Å². The fourth-order valence-corrected chi connectivity index (χ4v) is 4.82. The molecule has 26 heavy (non-hydrogen) atoms. The second-order valence-electron chi connectivity index (χ2n) is 8.07. The largest absolute Gasteiger partial charge is 0.493 e. The number of hydrogen-bond donors (Lipinski definition) is 1. The van der Waals surface area contributed by atoms with Crippen molar-refractivity contribution in [3.8, 4) is 5.75 Å². The summed E-state index contributed by atoms with van der Waals surface area (Å²) in [7, 11) is 0. The third kappa shape index (κ3) is 4.17. The standard InChI is InChI=1S/C21H30N2O2.ClH/c22-18-5-3-4-17(13-18)21(24)23(19-6-1-2-7-19)14-15-8-9-20-16(12-15)10-11-25-20;/h8-9,12,17-19H,1-7,10-11,13-14,22H2;1H. The predicted molar refractivity (Wildman–Crippen MR) is 106 cm³/mol. The van der Waals surface area contributed by atoms with Crippen LogP contribution in [0.15, 0.2) is 18.2 Å². The van der Waals surface area contributed by atoms with Gasteiger partial charge in [0.05, 0.1) is 6.61 Å². The van der Waals surface area contributed by atoms with Crippen LogP contribution in [0.25, 0.3) is 0 Å². The summed E-state index contributed by atoms with van der Waals surface area (Å²) in [4.78, 5) is 15.5. The van der Waals surface area contributed by atoms with Crippen LogP contribution >= 0.6 is 12.4 Å². The molecule has 1 aromatic rings.